The predicted molar refractivity (Wildman–Crippen MR) is 126 cm³/mol. The molecule has 0 aliphatic heterocycles. The van der Waals surface area contributed by atoms with Gasteiger partial charge in [0.2, 0.25) is 0 Å². The van der Waals surface area contributed by atoms with Gasteiger partial charge in [-0.2, -0.15) is 0 Å². The van der Waals surface area contributed by atoms with Crippen molar-refractivity contribution in [2.45, 2.75) is 27.3 Å². The van der Waals surface area contributed by atoms with Gasteiger partial charge in [-0.05, 0) is 37.7 Å². The topological polar surface area (TPSA) is 67.3 Å². The van der Waals surface area contributed by atoms with Crippen LogP contribution in [0.4, 0.5) is 0 Å². The minimum absolute atomic E-state index is 0. The fourth-order valence-electron chi connectivity index (χ4n) is 2.56. The first kappa shape index (κ1) is 26.7. The van der Waals surface area contributed by atoms with E-state index in [1.807, 2.05) is 25.1 Å². The second kappa shape index (κ2) is 16.7. The number of nitrogens with zero attached hydrogens (tertiary/aromatic N) is 2. The molecule has 0 saturated heterocycles. The summed E-state index contributed by atoms with van der Waals surface area (Å²) in [5, 5.41) is 6.50. The highest BCUT2D eigenvalue weighted by Crippen LogP contribution is 2.28. The lowest BCUT2D eigenvalue weighted by molar-refractivity contribution is 0.152. The van der Waals surface area contributed by atoms with Gasteiger partial charge in [0.15, 0.2) is 17.5 Å². The molecule has 1 rings (SSSR count). The Kier molecular flexibility index (Phi) is 15.9. The van der Waals surface area contributed by atoms with E-state index in [0.29, 0.717) is 19.8 Å². The first-order valence-electron chi connectivity index (χ1n) is 9.72. The molecule has 28 heavy (non-hydrogen) atoms. The third kappa shape index (κ3) is 10.3. The summed E-state index contributed by atoms with van der Waals surface area (Å²) >= 11 is 0. The number of benzene rings is 1. The van der Waals surface area contributed by atoms with Gasteiger partial charge in [-0.1, -0.05) is 19.9 Å². The van der Waals surface area contributed by atoms with Crippen LogP contribution >= 0.6 is 24.0 Å². The van der Waals surface area contributed by atoms with Crippen LogP contribution in [0.1, 0.15) is 26.3 Å². The Bertz CT molecular complexity index is 554. The van der Waals surface area contributed by atoms with Gasteiger partial charge in [0.1, 0.15) is 6.61 Å². The second-order valence-electron chi connectivity index (χ2n) is 5.91. The summed E-state index contributed by atoms with van der Waals surface area (Å²) in [6, 6.07) is 5.99. The van der Waals surface area contributed by atoms with Crippen molar-refractivity contribution < 1.29 is 14.2 Å². The van der Waals surface area contributed by atoms with Crippen molar-refractivity contribution in [2.24, 2.45) is 4.99 Å². The number of likely N-dealkylation sites (N-methyl/N-ethyl adjacent to an activating group) is 1. The van der Waals surface area contributed by atoms with E-state index < -0.39 is 0 Å². The van der Waals surface area contributed by atoms with Gasteiger partial charge in [-0.3, -0.25) is 4.99 Å². The van der Waals surface area contributed by atoms with Crippen LogP contribution in [0.25, 0.3) is 0 Å². The molecule has 7 nitrogen and oxygen atoms in total. The van der Waals surface area contributed by atoms with E-state index in [9.17, 15) is 0 Å². The number of ether oxygens (including phenoxy) is 3. The standard InChI is InChI=1S/C20H36N4O3.HI/c1-6-24(7-2)12-14-27-18-10-9-17(15-19(18)25-5)16-23-20(21-4)22-11-13-26-8-3;/h9-10,15H,6-8,11-14,16H2,1-5H3,(H2,21,22,23);1H. The van der Waals surface area contributed by atoms with Crippen LogP contribution in [0.15, 0.2) is 23.2 Å². The highest BCUT2D eigenvalue weighted by molar-refractivity contribution is 14.0. The molecular weight excluding hydrogens is 471 g/mol. The first-order valence-corrected chi connectivity index (χ1v) is 9.72. The van der Waals surface area contributed by atoms with E-state index in [1.165, 1.54) is 0 Å². The molecule has 0 bridgehead atoms. The fourth-order valence-corrected chi connectivity index (χ4v) is 2.56. The molecule has 2 N–H and O–H groups in total. The van der Waals surface area contributed by atoms with Crippen LogP contribution in [0.3, 0.4) is 0 Å². The molecule has 0 saturated carbocycles. The van der Waals surface area contributed by atoms with Gasteiger partial charge in [-0.25, -0.2) is 0 Å². The van der Waals surface area contributed by atoms with Crippen LogP contribution in [0.5, 0.6) is 11.5 Å². The molecule has 0 heterocycles. The number of rotatable bonds is 13. The Morgan fingerprint density at radius 1 is 1.07 bits per heavy atom. The molecule has 0 aliphatic rings. The molecule has 0 fully saturated rings. The summed E-state index contributed by atoms with van der Waals surface area (Å²) in [5.41, 5.74) is 1.09. The van der Waals surface area contributed by atoms with Gasteiger partial charge in [-0.15, -0.1) is 24.0 Å². The monoisotopic (exact) mass is 508 g/mol. The van der Waals surface area contributed by atoms with Gasteiger partial charge in [0.05, 0.1) is 13.7 Å². The van der Waals surface area contributed by atoms with Crippen molar-refractivity contribution in [3.8, 4) is 11.5 Å². The molecule has 0 atom stereocenters. The SMILES string of the molecule is CCOCCNC(=NC)NCc1ccc(OCCN(CC)CC)c(OC)c1.I. The van der Waals surface area contributed by atoms with Gasteiger partial charge < -0.3 is 29.7 Å². The number of guanidine groups is 1. The smallest absolute Gasteiger partial charge is 0.191 e. The third-order valence-electron chi connectivity index (χ3n) is 4.21. The maximum Gasteiger partial charge on any atom is 0.191 e. The van der Waals surface area contributed by atoms with E-state index in [-0.39, 0.29) is 24.0 Å². The largest absolute Gasteiger partial charge is 0.493 e. The van der Waals surface area contributed by atoms with Crippen LogP contribution in [-0.4, -0.2) is 71.0 Å². The predicted octanol–water partition coefficient (Wildman–Crippen LogP) is 2.74. The van der Waals surface area contributed by atoms with Crippen molar-refractivity contribution in [3.05, 3.63) is 23.8 Å². The Hall–Kier alpha value is -1.26. The minimum Gasteiger partial charge on any atom is -0.493 e. The van der Waals surface area contributed by atoms with Crippen molar-refractivity contribution in [1.82, 2.24) is 15.5 Å². The molecule has 0 radical (unpaired) electrons. The summed E-state index contributed by atoms with van der Waals surface area (Å²) < 4.78 is 16.7. The highest BCUT2D eigenvalue weighted by Gasteiger charge is 2.07. The van der Waals surface area contributed by atoms with Crippen LogP contribution in [-0.2, 0) is 11.3 Å². The zero-order chi connectivity index (χ0) is 19.9. The lowest BCUT2D eigenvalue weighted by Crippen LogP contribution is -2.38. The molecule has 0 aromatic heterocycles. The number of hydrogen-bond acceptors (Lipinski definition) is 5. The lowest BCUT2D eigenvalue weighted by atomic mass is 10.2. The number of methoxy groups -OCH3 is 1. The molecule has 0 aliphatic carbocycles. The zero-order valence-corrected chi connectivity index (χ0v) is 20.2. The van der Waals surface area contributed by atoms with E-state index >= 15 is 0 Å². The number of hydrogen-bond donors (Lipinski definition) is 2. The quantitative estimate of drug-likeness (QED) is 0.185. The maximum atomic E-state index is 5.90. The molecule has 0 spiro atoms. The summed E-state index contributed by atoms with van der Waals surface area (Å²) in [5.74, 6) is 2.26. The molecule has 0 amide bonds. The number of halogens is 1. The van der Waals surface area contributed by atoms with Gasteiger partial charge >= 0.3 is 0 Å². The van der Waals surface area contributed by atoms with Crippen LogP contribution in [0.2, 0.25) is 0 Å². The zero-order valence-electron chi connectivity index (χ0n) is 17.9. The lowest BCUT2D eigenvalue weighted by Gasteiger charge is -2.19. The van der Waals surface area contributed by atoms with E-state index in [0.717, 1.165) is 55.8 Å². The molecular formula is C20H37IN4O3. The maximum absolute atomic E-state index is 5.90. The molecule has 8 heteroatoms. The number of aliphatic imine (C=N–C) groups is 1. The summed E-state index contributed by atoms with van der Waals surface area (Å²) in [6.07, 6.45) is 0. The number of nitrogens with one attached hydrogen (secondary N) is 2. The molecule has 1 aromatic rings. The molecule has 162 valence electrons. The Morgan fingerprint density at radius 2 is 1.82 bits per heavy atom. The Labute approximate surface area is 187 Å². The fraction of sp³-hybridized carbons (Fsp3) is 0.650. The average Bonchev–Trinajstić information content (AvgIpc) is 2.71. The summed E-state index contributed by atoms with van der Waals surface area (Å²) in [6.45, 7) is 12.6. The van der Waals surface area contributed by atoms with E-state index in [4.69, 9.17) is 14.2 Å². The van der Waals surface area contributed by atoms with Crippen molar-refractivity contribution in [2.75, 3.05) is 60.2 Å². The first-order chi connectivity index (χ1) is 13.2. The van der Waals surface area contributed by atoms with Crippen LogP contribution in [0, 0.1) is 0 Å². The average molecular weight is 508 g/mol. The Balaban J connectivity index is 0.00000729. The van der Waals surface area contributed by atoms with Crippen LogP contribution < -0.4 is 20.1 Å². The van der Waals surface area contributed by atoms with Crippen molar-refractivity contribution >= 4 is 29.9 Å². The molecule has 1 aromatic carbocycles. The van der Waals surface area contributed by atoms with E-state index in [1.54, 1.807) is 14.2 Å². The van der Waals surface area contributed by atoms with Gasteiger partial charge in [0, 0.05) is 33.3 Å². The second-order valence-corrected chi connectivity index (χ2v) is 5.91. The normalized spacial score (nSPS) is 11.1. The molecule has 0 unspecified atom stereocenters. The summed E-state index contributed by atoms with van der Waals surface area (Å²) in [4.78, 5) is 6.54. The van der Waals surface area contributed by atoms with Crippen molar-refractivity contribution in [3.63, 3.8) is 0 Å². The third-order valence-corrected chi connectivity index (χ3v) is 4.21. The minimum atomic E-state index is 0. The van der Waals surface area contributed by atoms with Gasteiger partial charge in [0.25, 0.3) is 0 Å². The van der Waals surface area contributed by atoms with E-state index in [2.05, 4.69) is 34.4 Å². The van der Waals surface area contributed by atoms with Crippen molar-refractivity contribution in [1.29, 1.82) is 0 Å². The Morgan fingerprint density at radius 3 is 2.43 bits per heavy atom. The highest BCUT2D eigenvalue weighted by atomic mass is 127. The summed E-state index contributed by atoms with van der Waals surface area (Å²) in [7, 11) is 3.42.